The summed E-state index contributed by atoms with van der Waals surface area (Å²) in [6.07, 6.45) is 0.771. The Hall–Kier alpha value is -2.08. The van der Waals surface area contributed by atoms with Crippen LogP contribution in [0.1, 0.15) is 12.0 Å². The fourth-order valence-corrected chi connectivity index (χ4v) is 2.49. The van der Waals surface area contributed by atoms with E-state index in [1.54, 1.807) is 4.90 Å². The number of likely N-dealkylation sites (tertiary alicyclic amines) is 1. The zero-order valence-corrected chi connectivity index (χ0v) is 12.1. The molecule has 1 aliphatic rings. The first kappa shape index (κ1) is 15.3. The second-order valence-electron chi connectivity index (χ2n) is 5.20. The highest BCUT2D eigenvalue weighted by atomic mass is 16.5. The third-order valence-corrected chi connectivity index (χ3v) is 3.62. The lowest BCUT2D eigenvalue weighted by Crippen LogP contribution is -2.45. The number of carbonyl (C=O) groups excluding carboxylic acids is 2. The number of nitrogens with one attached hydrogen (secondary N) is 1. The molecule has 3 N–H and O–H groups in total. The van der Waals surface area contributed by atoms with Gasteiger partial charge in [0, 0.05) is 13.1 Å². The van der Waals surface area contributed by atoms with Crippen LogP contribution in [0, 0.1) is 0 Å². The van der Waals surface area contributed by atoms with Gasteiger partial charge < -0.3 is 20.7 Å². The van der Waals surface area contributed by atoms with Crippen molar-refractivity contribution in [3.63, 3.8) is 0 Å². The van der Waals surface area contributed by atoms with E-state index >= 15 is 0 Å². The maximum absolute atomic E-state index is 12.3. The number of amides is 2. The molecule has 1 aromatic rings. The highest BCUT2D eigenvalue weighted by Gasteiger charge is 2.30. The van der Waals surface area contributed by atoms with Crippen LogP contribution in [0.2, 0.25) is 0 Å². The molecular weight excluding hydrogens is 270 g/mol. The van der Waals surface area contributed by atoms with Crippen LogP contribution in [-0.2, 0) is 16.0 Å². The number of nitrogens with zero attached hydrogens (tertiary/aromatic N) is 1. The lowest BCUT2D eigenvalue weighted by Gasteiger charge is -2.21. The molecule has 2 atom stereocenters. The summed E-state index contributed by atoms with van der Waals surface area (Å²) in [6, 6.07) is 9.09. The molecule has 21 heavy (non-hydrogen) atoms. The van der Waals surface area contributed by atoms with Crippen molar-refractivity contribution in [1.29, 1.82) is 0 Å². The van der Waals surface area contributed by atoms with Crippen molar-refractivity contribution in [2.24, 2.45) is 5.73 Å². The van der Waals surface area contributed by atoms with Gasteiger partial charge in [0.1, 0.15) is 0 Å². The third-order valence-electron chi connectivity index (χ3n) is 3.62. The van der Waals surface area contributed by atoms with Crippen molar-refractivity contribution < 1.29 is 14.3 Å². The second-order valence-corrected chi connectivity index (χ2v) is 5.20. The van der Waals surface area contributed by atoms with Crippen molar-refractivity contribution in [2.75, 3.05) is 20.2 Å². The summed E-state index contributed by atoms with van der Waals surface area (Å²) in [5.41, 5.74) is 7.04. The summed E-state index contributed by atoms with van der Waals surface area (Å²) >= 11 is 0. The van der Waals surface area contributed by atoms with Crippen LogP contribution in [0.5, 0.6) is 0 Å². The van der Waals surface area contributed by atoms with Crippen molar-refractivity contribution in [3.05, 3.63) is 35.9 Å². The number of ether oxygens (including phenoxy) is 1. The molecule has 1 unspecified atom stereocenters. The average molecular weight is 291 g/mol. The molecule has 2 rings (SSSR count). The minimum Gasteiger partial charge on any atom is -0.453 e. The predicted octanol–water partition coefficient (Wildman–Crippen LogP) is 0.513. The lowest BCUT2D eigenvalue weighted by molar-refractivity contribution is -0.131. The van der Waals surface area contributed by atoms with E-state index in [0.717, 1.165) is 12.0 Å². The molecule has 0 spiro atoms. The first-order valence-corrected chi connectivity index (χ1v) is 7.03. The standard InChI is InChI=1S/C15H21N3O3/c1-21-15(20)17-12-7-8-18(10-12)14(19)13(16)9-11-5-3-2-4-6-11/h2-6,12-13H,7-10,16H2,1H3,(H,17,20)/t12?,13-/m0/s1. The van der Waals surface area contributed by atoms with Crippen LogP contribution in [0.15, 0.2) is 30.3 Å². The predicted molar refractivity (Wildman–Crippen MR) is 78.6 cm³/mol. The van der Waals surface area contributed by atoms with Crippen molar-refractivity contribution in [1.82, 2.24) is 10.2 Å². The molecule has 114 valence electrons. The summed E-state index contributed by atoms with van der Waals surface area (Å²) in [5.74, 6) is -0.0759. The molecular formula is C15H21N3O3. The van der Waals surface area contributed by atoms with Crippen LogP contribution in [0.4, 0.5) is 4.79 Å². The number of hydrogen-bond acceptors (Lipinski definition) is 4. The molecule has 0 aromatic heterocycles. The Kier molecular flexibility index (Phi) is 5.16. The van der Waals surface area contributed by atoms with Gasteiger partial charge in [0.05, 0.1) is 19.2 Å². The van der Waals surface area contributed by atoms with E-state index < -0.39 is 12.1 Å². The molecule has 1 saturated heterocycles. The molecule has 0 bridgehead atoms. The van der Waals surface area contributed by atoms with E-state index in [4.69, 9.17) is 5.73 Å². The topological polar surface area (TPSA) is 84.7 Å². The molecule has 1 aromatic carbocycles. The van der Waals surface area contributed by atoms with Gasteiger partial charge in [0.15, 0.2) is 0 Å². The SMILES string of the molecule is COC(=O)NC1CCN(C(=O)[C@@H](N)Cc2ccccc2)C1. The highest BCUT2D eigenvalue weighted by molar-refractivity contribution is 5.82. The van der Waals surface area contributed by atoms with Crippen molar-refractivity contribution >= 4 is 12.0 Å². The number of carbonyl (C=O) groups is 2. The molecule has 1 aliphatic heterocycles. The van der Waals surface area contributed by atoms with Crippen molar-refractivity contribution in [3.8, 4) is 0 Å². The summed E-state index contributed by atoms with van der Waals surface area (Å²) in [7, 11) is 1.32. The van der Waals surface area contributed by atoms with E-state index in [-0.39, 0.29) is 11.9 Å². The van der Waals surface area contributed by atoms with Gasteiger partial charge in [-0.15, -0.1) is 0 Å². The Morgan fingerprint density at radius 1 is 1.43 bits per heavy atom. The quantitative estimate of drug-likeness (QED) is 0.846. The highest BCUT2D eigenvalue weighted by Crippen LogP contribution is 2.12. The number of methoxy groups -OCH3 is 1. The number of hydrogen-bond donors (Lipinski definition) is 2. The molecule has 1 fully saturated rings. The van der Waals surface area contributed by atoms with E-state index in [2.05, 4.69) is 10.1 Å². The largest absolute Gasteiger partial charge is 0.453 e. The maximum atomic E-state index is 12.3. The van der Waals surface area contributed by atoms with Gasteiger partial charge in [-0.2, -0.15) is 0 Å². The molecule has 0 saturated carbocycles. The van der Waals surface area contributed by atoms with Crippen molar-refractivity contribution in [2.45, 2.75) is 24.9 Å². The van der Waals surface area contributed by atoms with Crippen LogP contribution in [-0.4, -0.2) is 49.2 Å². The minimum absolute atomic E-state index is 0.0645. The first-order chi connectivity index (χ1) is 10.1. The molecule has 6 heteroatoms. The average Bonchev–Trinajstić information content (AvgIpc) is 2.95. The number of alkyl carbamates (subject to hydrolysis) is 1. The Labute approximate surface area is 124 Å². The van der Waals surface area contributed by atoms with Gasteiger partial charge in [-0.05, 0) is 18.4 Å². The van der Waals surface area contributed by atoms with Gasteiger partial charge in [-0.3, -0.25) is 4.79 Å². The molecule has 0 aliphatic carbocycles. The Morgan fingerprint density at radius 2 is 2.14 bits per heavy atom. The zero-order chi connectivity index (χ0) is 15.2. The van der Waals surface area contributed by atoms with Gasteiger partial charge in [-0.25, -0.2) is 4.79 Å². The fourth-order valence-electron chi connectivity index (χ4n) is 2.49. The zero-order valence-electron chi connectivity index (χ0n) is 12.1. The number of nitrogens with two attached hydrogens (primary N) is 1. The molecule has 6 nitrogen and oxygen atoms in total. The van der Waals surface area contributed by atoms with E-state index in [9.17, 15) is 9.59 Å². The normalized spacial score (nSPS) is 19.1. The van der Waals surface area contributed by atoms with E-state index in [1.165, 1.54) is 7.11 Å². The second kappa shape index (κ2) is 7.08. The number of rotatable bonds is 4. The lowest BCUT2D eigenvalue weighted by atomic mass is 10.1. The Bertz CT molecular complexity index is 492. The minimum atomic E-state index is -0.552. The van der Waals surface area contributed by atoms with E-state index in [1.807, 2.05) is 30.3 Å². The van der Waals surface area contributed by atoms with Crippen LogP contribution in [0.3, 0.4) is 0 Å². The van der Waals surface area contributed by atoms with Gasteiger partial charge in [0.25, 0.3) is 0 Å². The van der Waals surface area contributed by atoms with E-state index in [0.29, 0.717) is 19.5 Å². The van der Waals surface area contributed by atoms with Crippen LogP contribution in [0.25, 0.3) is 0 Å². The summed E-state index contributed by atoms with van der Waals surface area (Å²) in [6.45, 7) is 1.09. The molecule has 2 amide bonds. The molecule has 1 heterocycles. The van der Waals surface area contributed by atoms with Crippen LogP contribution >= 0.6 is 0 Å². The fraction of sp³-hybridized carbons (Fsp3) is 0.467. The van der Waals surface area contributed by atoms with Crippen LogP contribution < -0.4 is 11.1 Å². The van der Waals surface area contributed by atoms with Gasteiger partial charge in [-0.1, -0.05) is 30.3 Å². The number of benzene rings is 1. The maximum Gasteiger partial charge on any atom is 0.407 e. The molecule has 0 radical (unpaired) electrons. The third kappa shape index (κ3) is 4.19. The smallest absolute Gasteiger partial charge is 0.407 e. The monoisotopic (exact) mass is 291 g/mol. The summed E-state index contributed by atoms with van der Waals surface area (Å²) in [4.78, 5) is 25.2. The Balaban J connectivity index is 1.85. The first-order valence-electron chi connectivity index (χ1n) is 7.03. The van der Waals surface area contributed by atoms with Gasteiger partial charge >= 0.3 is 6.09 Å². The van der Waals surface area contributed by atoms with Gasteiger partial charge in [0.2, 0.25) is 5.91 Å². The summed E-state index contributed by atoms with van der Waals surface area (Å²) in [5, 5.41) is 2.71. The Morgan fingerprint density at radius 3 is 2.81 bits per heavy atom. The summed E-state index contributed by atoms with van der Waals surface area (Å²) < 4.78 is 4.56.